The van der Waals surface area contributed by atoms with Crippen molar-refractivity contribution >= 4 is 11.9 Å². The van der Waals surface area contributed by atoms with Gasteiger partial charge in [-0.1, -0.05) is 6.08 Å². The number of hydrogen-bond donors (Lipinski definition) is 1. The highest BCUT2D eigenvalue weighted by Gasteiger charge is 2.21. The molecule has 0 aromatic heterocycles. The summed E-state index contributed by atoms with van der Waals surface area (Å²) in [6.07, 6.45) is 4.92. The van der Waals surface area contributed by atoms with Crippen molar-refractivity contribution in [2.75, 3.05) is 20.3 Å². The van der Waals surface area contributed by atoms with Gasteiger partial charge in [-0.2, -0.15) is 0 Å². The Balaban J connectivity index is 1.96. The van der Waals surface area contributed by atoms with E-state index < -0.39 is 5.97 Å². The van der Waals surface area contributed by atoms with Crippen molar-refractivity contribution in [1.29, 1.82) is 0 Å². The van der Waals surface area contributed by atoms with E-state index in [0.29, 0.717) is 12.3 Å². The van der Waals surface area contributed by atoms with Gasteiger partial charge in [0, 0.05) is 18.3 Å². The Labute approximate surface area is 135 Å². The highest BCUT2D eigenvalue weighted by Crippen LogP contribution is 2.24. The number of ether oxygens (including phenoxy) is 2. The predicted molar refractivity (Wildman–Crippen MR) is 84.3 cm³/mol. The van der Waals surface area contributed by atoms with E-state index in [1.165, 1.54) is 19.2 Å². The average molecular weight is 319 g/mol. The predicted octanol–water partition coefficient (Wildman–Crippen LogP) is 2.47. The van der Waals surface area contributed by atoms with Crippen molar-refractivity contribution in [3.63, 3.8) is 0 Å². The topological polar surface area (TPSA) is 76.1 Å². The molecule has 1 amide bonds. The molecule has 0 heterocycles. The van der Waals surface area contributed by atoms with E-state index >= 15 is 0 Å². The lowest BCUT2D eigenvalue weighted by Crippen LogP contribution is -2.33. The van der Waals surface area contributed by atoms with Crippen LogP contribution in [0.1, 0.15) is 36.5 Å². The molecule has 0 bridgehead atoms. The van der Waals surface area contributed by atoms with Crippen LogP contribution in [0.3, 0.4) is 0 Å². The summed E-state index contributed by atoms with van der Waals surface area (Å²) in [7, 11) is 1.46. The number of benzene rings is 1. The molecule has 0 radical (unpaired) electrons. The number of nitrogens with zero attached hydrogens (tertiary/aromatic N) is 1. The minimum Gasteiger partial charge on any atom is -0.507 e. The lowest BCUT2D eigenvalue weighted by Gasteiger charge is -2.22. The highest BCUT2D eigenvalue weighted by molar-refractivity contribution is 5.94. The van der Waals surface area contributed by atoms with Gasteiger partial charge in [-0.3, -0.25) is 4.79 Å². The van der Waals surface area contributed by atoms with Crippen LogP contribution in [0.5, 0.6) is 11.5 Å². The Morgan fingerprint density at radius 2 is 2.13 bits per heavy atom. The molecule has 1 aliphatic carbocycles. The highest BCUT2D eigenvalue weighted by atomic mass is 16.5. The lowest BCUT2D eigenvalue weighted by molar-refractivity contribution is -0.132. The first-order valence-corrected chi connectivity index (χ1v) is 7.60. The number of methoxy groups -OCH3 is 1. The van der Waals surface area contributed by atoms with E-state index in [-0.39, 0.29) is 23.8 Å². The number of phenolic OH excluding ortho intramolecular Hbond substituents is 1. The number of phenols is 1. The van der Waals surface area contributed by atoms with Gasteiger partial charge in [0.1, 0.15) is 17.1 Å². The van der Waals surface area contributed by atoms with Crippen molar-refractivity contribution in [3.05, 3.63) is 35.5 Å². The molecule has 1 N–H and O–H groups in total. The Morgan fingerprint density at radius 1 is 1.35 bits per heavy atom. The summed E-state index contributed by atoms with van der Waals surface area (Å²) in [4.78, 5) is 25.8. The first-order chi connectivity index (χ1) is 11.1. The number of likely N-dealkylation sites (N-methyl/N-ethyl adjacent to an activating group) is 1. The first kappa shape index (κ1) is 16.9. The van der Waals surface area contributed by atoms with Crippen molar-refractivity contribution in [1.82, 2.24) is 4.90 Å². The third kappa shape index (κ3) is 4.03. The summed E-state index contributed by atoms with van der Waals surface area (Å²) < 4.78 is 9.98. The molecule has 0 spiro atoms. The molecule has 0 unspecified atom stereocenters. The zero-order valence-corrected chi connectivity index (χ0v) is 13.4. The molecule has 2 rings (SSSR count). The maximum atomic E-state index is 12.2. The fraction of sp³-hybridized carbons (Fsp3) is 0.412. The molecule has 0 saturated heterocycles. The lowest BCUT2D eigenvalue weighted by atomic mass is 10.2. The zero-order valence-electron chi connectivity index (χ0n) is 13.4. The molecule has 6 nitrogen and oxygen atoms in total. The van der Waals surface area contributed by atoms with Crippen LogP contribution in [0, 0.1) is 0 Å². The molecular weight excluding hydrogens is 298 g/mol. The SMILES string of the molecule is CCN(C(=O)COC(=O)c1ccc(OC)cc1O)C1=CCCC1. The third-order valence-electron chi connectivity index (χ3n) is 3.73. The monoisotopic (exact) mass is 319 g/mol. The van der Waals surface area contributed by atoms with Crippen LogP contribution in [0.25, 0.3) is 0 Å². The van der Waals surface area contributed by atoms with Gasteiger partial charge in [0.2, 0.25) is 0 Å². The maximum Gasteiger partial charge on any atom is 0.342 e. The summed E-state index contributed by atoms with van der Waals surface area (Å²) in [6.45, 7) is 2.07. The molecule has 1 aliphatic rings. The average Bonchev–Trinajstić information content (AvgIpc) is 3.07. The van der Waals surface area contributed by atoms with Gasteiger partial charge in [-0.15, -0.1) is 0 Å². The molecule has 0 atom stereocenters. The van der Waals surface area contributed by atoms with Crippen molar-refractivity contribution in [3.8, 4) is 11.5 Å². The molecule has 0 fully saturated rings. The third-order valence-corrected chi connectivity index (χ3v) is 3.73. The van der Waals surface area contributed by atoms with E-state index in [2.05, 4.69) is 0 Å². The molecule has 23 heavy (non-hydrogen) atoms. The van der Waals surface area contributed by atoms with E-state index in [9.17, 15) is 14.7 Å². The van der Waals surface area contributed by atoms with Gasteiger partial charge < -0.3 is 19.5 Å². The second-order valence-corrected chi connectivity index (χ2v) is 5.18. The number of allylic oxidation sites excluding steroid dienone is 2. The number of carbonyl (C=O) groups is 2. The van der Waals surface area contributed by atoms with Gasteiger partial charge in [-0.25, -0.2) is 4.79 Å². The summed E-state index contributed by atoms with van der Waals surface area (Å²) in [5.41, 5.74) is 0.988. The Kier molecular flexibility index (Phi) is 5.62. The molecule has 1 aromatic rings. The number of esters is 1. The number of amides is 1. The Morgan fingerprint density at radius 3 is 2.70 bits per heavy atom. The van der Waals surface area contributed by atoms with Crippen LogP contribution in [0.15, 0.2) is 30.0 Å². The first-order valence-electron chi connectivity index (χ1n) is 7.60. The zero-order chi connectivity index (χ0) is 16.8. The Bertz CT molecular complexity index is 623. The molecule has 0 saturated carbocycles. The van der Waals surface area contributed by atoms with Gasteiger partial charge in [0.15, 0.2) is 6.61 Å². The molecule has 1 aromatic carbocycles. The van der Waals surface area contributed by atoms with Crippen molar-refractivity contribution < 1.29 is 24.2 Å². The summed E-state index contributed by atoms with van der Waals surface area (Å²) in [6, 6.07) is 4.26. The summed E-state index contributed by atoms with van der Waals surface area (Å²) in [5.74, 6) is -0.815. The Hall–Kier alpha value is -2.50. The largest absolute Gasteiger partial charge is 0.507 e. The van der Waals surface area contributed by atoms with Crippen molar-refractivity contribution in [2.45, 2.75) is 26.2 Å². The van der Waals surface area contributed by atoms with Gasteiger partial charge in [-0.05, 0) is 38.3 Å². The second kappa shape index (κ2) is 7.67. The fourth-order valence-electron chi connectivity index (χ4n) is 2.53. The van der Waals surface area contributed by atoms with Crippen LogP contribution < -0.4 is 4.74 Å². The van der Waals surface area contributed by atoms with E-state index in [1.807, 2.05) is 13.0 Å². The molecule has 124 valence electrons. The van der Waals surface area contributed by atoms with E-state index in [0.717, 1.165) is 25.0 Å². The quantitative estimate of drug-likeness (QED) is 0.815. The van der Waals surface area contributed by atoms with Gasteiger partial charge in [0.05, 0.1) is 7.11 Å². The summed E-state index contributed by atoms with van der Waals surface area (Å²) >= 11 is 0. The van der Waals surface area contributed by atoms with E-state index in [4.69, 9.17) is 9.47 Å². The summed E-state index contributed by atoms with van der Waals surface area (Å²) in [5, 5.41) is 9.80. The number of hydrogen-bond acceptors (Lipinski definition) is 5. The number of rotatable bonds is 6. The van der Waals surface area contributed by atoms with Crippen LogP contribution in [-0.2, 0) is 9.53 Å². The number of aromatic hydroxyl groups is 1. The molecule has 0 aliphatic heterocycles. The standard InChI is InChI=1S/C17H21NO5/c1-3-18(12-6-4-5-7-12)16(20)11-23-17(21)14-9-8-13(22-2)10-15(14)19/h6,8-10,19H,3-5,7,11H2,1-2H3. The van der Waals surface area contributed by atoms with E-state index in [1.54, 1.807) is 11.0 Å². The number of carbonyl (C=O) groups excluding carboxylic acids is 2. The van der Waals surface area contributed by atoms with Crippen LogP contribution >= 0.6 is 0 Å². The molecule has 6 heteroatoms. The van der Waals surface area contributed by atoms with Crippen LogP contribution in [0.2, 0.25) is 0 Å². The van der Waals surface area contributed by atoms with Crippen molar-refractivity contribution in [2.24, 2.45) is 0 Å². The maximum absolute atomic E-state index is 12.2. The minimum atomic E-state index is -0.741. The van der Waals surface area contributed by atoms with Crippen LogP contribution in [-0.4, -0.2) is 42.1 Å². The minimum absolute atomic E-state index is 0.00160. The van der Waals surface area contributed by atoms with Gasteiger partial charge in [0.25, 0.3) is 5.91 Å². The normalized spacial score (nSPS) is 13.4. The van der Waals surface area contributed by atoms with Gasteiger partial charge >= 0.3 is 5.97 Å². The fourth-order valence-corrected chi connectivity index (χ4v) is 2.53. The second-order valence-electron chi connectivity index (χ2n) is 5.18. The van der Waals surface area contributed by atoms with Crippen LogP contribution in [0.4, 0.5) is 0 Å². The molecular formula is C17H21NO5. The smallest absolute Gasteiger partial charge is 0.342 e.